The summed E-state index contributed by atoms with van der Waals surface area (Å²) in [4.78, 5) is 12.2. The molecule has 23 heavy (non-hydrogen) atoms. The summed E-state index contributed by atoms with van der Waals surface area (Å²) in [6, 6.07) is 24.5. The van der Waals surface area contributed by atoms with E-state index in [-0.39, 0.29) is 0 Å². The maximum absolute atomic E-state index is 4.45. The highest BCUT2D eigenvalue weighted by Crippen LogP contribution is 2.03. The number of aliphatic imine (C=N–C) groups is 2. The average Bonchev–Trinajstić information content (AvgIpc) is 3.05. The minimum atomic E-state index is 0.692. The van der Waals surface area contributed by atoms with Gasteiger partial charge in [-0.1, -0.05) is 60.7 Å². The Morgan fingerprint density at radius 3 is 1.48 bits per heavy atom. The van der Waals surface area contributed by atoms with Crippen LogP contribution in [0, 0.1) is 0 Å². The monoisotopic (exact) mass is 301 g/mol. The Hall–Kier alpha value is -2.94. The lowest BCUT2D eigenvalue weighted by molar-refractivity contribution is 1.07. The van der Waals surface area contributed by atoms with E-state index in [1.54, 1.807) is 0 Å². The molecule has 0 aliphatic rings. The fourth-order valence-electron chi connectivity index (χ4n) is 2.25. The van der Waals surface area contributed by atoms with Crippen molar-refractivity contribution in [3.63, 3.8) is 0 Å². The first-order valence-corrected chi connectivity index (χ1v) is 7.67. The van der Waals surface area contributed by atoms with Crippen molar-refractivity contribution in [1.29, 1.82) is 0 Å². The van der Waals surface area contributed by atoms with Crippen molar-refractivity contribution in [1.82, 2.24) is 4.98 Å². The van der Waals surface area contributed by atoms with Gasteiger partial charge >= 0.3 is 0 Å². The number of aromatic amines is 1. The van der Waals surface area contributed by atoms with Crippen molar-refractivity contribution in [2.45, 2.75) is 13.1 Å². The predicted octanol–water partition coefficient (Wildman–Crippen LogP) is 4.25. The lowest BCUT2D eigenvalue weighted by Crippen LogP contribution is -1.87. The number of benzene rings is 2. The molecule has 3 rings (SSSR count). The molecule has 0 aliphatic heterocycles. The van der Waals surface area contributed by atoms with E-state index in [1.807, 2.05) is 61.0 Å². The van der Waals surface area contributed by atoms with Crippen LogP contribution in [0.3, 0.4) is 0 Å². The summed E-state index contributed by atoms with van der Waals surface area (Å²) < 4.78 is 0. The molecule has 0 bridgehead atoms. The number of aromatic nitrogens is 1. The Bertz CT molecular complexity index is 705. The minimum absolute atomic E-state index is 0.692. The minimum Gasteiger partial charge on any atom is -0.353 e. The van der Waals surface area contributed by atoms with Crippen molar-refractivity contribution in [2.75, 3.05) is 0 Å². The molecule has 3 nitrogen and oxygen atoms in total. The molecular formula is C20H19N3. The van der Waals surface area contributed by atoms with Crippen LogP contribution in [0.2, 0.25) is 0 Å². The van der Waals surface area contributed by atoms with Crippen LogP contribution in [0.5, 0.6) is 0 Å². The van der Waals surface area contributed by atoms with E-state index < -0.39 is 0 Å². The van der Waals surface area contributed by atoms with E-state index in [1.165, 1.54) is 11.1 Å². The molecule has 0 radical (unpaired) electrons. The first-order chi connectivity index (χ1) is 11.4. The van der Waals surface area contributed by atoms with Gasteiger partial charge in [0.25, 0.3) is 0 Å². The first-order valence-electron chi connectivity index (χ1n) is 7.67. The standard InChI is InChI=1S/C20H19N3/c1-3-7-17(8-4-1)13-21-15-19-11-12-20(23-19)16-22-14-18-9-5-2-6-10-18/h1-12,15-16,23H,13-14H2. The Kier molecular flexibility index (Phi) is 5.14. The van der Waals surface area contributed by atoms with Crippen LogP contribution in [-0.4, -0.2) is 17.4 Å². The van der Waals surface area contributed by atoms with Crippen molar-refractivity contribution in [3.8, 4) is 0 Å². The van der Waals surface area contributed by atoms with E-state index in [0.29, 0.717) is 13.1 Å². The SMILES string of the molecule is C(=NCc1ccccc1)c1ccc(C=NCc2ccccc2)[nH]1. The van der Waals surface area contributed by atoms with Gasteiger partial charge in [0.2, 0.25) is 0 Å². The molecule has 0 saturated carbocycles. The molecule has 2 aromatic carbocycles. The summed E-state index contributed by atoms with van der Waals surface area (Å²) in [5, 5.41) is 0. The topological polar surface area (TPSA) is 40.5 Å². The van der Waals surface area contributed by atoms with E-state index >= 15 is 0 Å². The van der Waals surface area contributed by atoms with Crippen LogP contribution in [0.4, 0.5) is 0 Å². The van der Waals surface area contributed by atoms with E-state index in [0.717, 1.165) is 11.4 Å². The van der Waals surface area contributed by atoms with Crippen LogP contribution >= 0.6 is 0 Å². The molecule has 3 aromatic rings. The van der Waals surface area contributed by atoms with E-state index in [4.69, 9.17) is 0 Å². The lowest BCUT2D eigenvalue weighted by atomic mass is 10.2. The number of rotatable bonds is 6. The smallest absolute Gasteiger partial charge is 0.0640 e. The molecule has 0 amide bonds. The zero-order valence-electron chi connectivity index (χ0n) is 12.9. The third kappa shape index (κ3) is 4.78. The van der Waals surface area contributed by atoms with Gasteiger partial charge in [-0.2, -0.15) is 0 Å². The third-order valence-electron chi connectivity index (χ3n) is 3.43. The van der Waals surface area contributed by atoms with E-state index in [9.17, 15) is 0 Å². The Morgan fingerprint density at radius 2 is 1.04 bits per heavy atom. The van der Waals surface area contributed by atoms with Crippen LogP contribution in [0.15, 0.2) is 82.8 Å². The van der Waals surface area contributed by atoms with Gasteiger partial charge in [-0.05, 0) is 23.3 Å². The second kappa shape index (κ2) is 7.90. The molecular weight excluding hydrogens is 282 g/mol. The normalized spacial score (nSPS) is 11.5. The molecule has 0 unspecified atom stereocenters. The fourth-order valence-corrected chi connectivity index (χ4v) is 2.25. The van der Waals surface area contributed by atoms with Gasteiger partial charge in [0, 0.05) is 12.4 Å². The van der Waals surface area contributed by atoms with Crippen molar-refractivity contribution in [2.24, 2.45) is 9.98 Å². The third-order valence-corrected chi connectivity index (χ3v) is 3.43. The van der Waals surface area contributed by atoms with Crippen molar-refractivity contribution >= 4 is 12.4 Å². The predicted molar refractivity (Wildman–Crippen MR) is 96.3 cm³/mol. The second-order valence-electron chi connectivity index (χ2n) is 5.28. The average molecular weight is 301 g/mol. The molecule has 0 aliphatic carbocycles. The second-order valence-corrected chi connectivity index (χ2v) is 5.28. The number of nitrogens with zero attached hydrogens (tertiary/aromatic N) is 2. The maximum Gasteiger partial charge on any atom is 0.0640 e. The van der Waals surface area contributed by atoms with Gasteiger partial charge in [-0.25, -0.2) is 0 Å². The molecule has 1 heterocycles. The van der Waals surface area contributed by atoms with Crippen LogP contribution in [-0.2, 0) is 13.1 Å². The number of hydrogen-bond donors (Lipinski definition) is 1. The van der Waals surface area contributed by atoms with Gasteiger partial charge in [-0.15, -0.1) is 0 Å². The number of H-pyrrole nitrogens is 1. The first kappa shape index (κ1) is 15.0. The quantitative estimate of drug-likeness (QED) is 0.661. The molecule has 0 saturated heterocycles. The molecule has 114 valence electrons. The Morgan fingerprint density at radius 1 is 0.609 bits per heavy atom. The zero-order chi connectivity index (χ0) is 15.7. The molecule has 1 aromatic heterocycles. The highest BCUT2D eigenvalue weighted by molar-refractivity contribution is 5.83. The molecule has 3 heteroatoms. The summed E-state index contributed by atoms with van der Waals surface area (Å²) in [5.41, 5.74) is 4.39. The fraction of sp³-hybridized carbons (Fsp3) is 0.100. The summed E-state index contributed by atoms with van der Waals surface area (Å²) >= 11 is 0. The molecule has 0 spiro atoms. The van der Waals surface area contributed by atoms with Gasteiger partial charge < -0.3 is 4.98 Å². The van der Waals surface area contributed by atoms with Crippen LogP contribution < -0.4 is 0 Å². The van der Waals surface area contributed by atoms with Gasteiger partial charge in [-0.3, -0.25) is 9.98 Å². The highest BCUT2D eigenvalue weighted by atomic mass is 14.8. The van der Waals surface area contributed by atoms with Crippen LogP contribution in [0.1, 0.15) is 22.5 Å². The maximum atomic E-state index is 4.45. The lowest BCUT2D eigenvalue weighted by Gasteiger charge is -1.94. The summed E-state index contributed by atoms with van der Waals surface area (Å²) in [6.45, 7) is 1.38. The van der Waals surface area contributed by atoms with Gasteiger partial charge in [0.05, 0.1) is 24.5 Å². The van der Waals surface area contributed by atoms with Gasteiger partial charge in [0.15, 0.2) is 0 Å². The van der Waals surface area contributed by atoms with Crippen molar-refractivity contribution < 1.29 is 0 Å². The molecule has 0 fully saturated rings. The van der Waals surface area contributed by atoms with Crippen molar-refractivity contribution in [3.05, 3.63) is 95.3 Å². The highest BCUT2D eigenvalue weighted by Gasteiger charge is 1.94. The van der Waals surface area contributed by atoms with E-state index in [2.05, 4.69) is 39.2 Å². The van der Waals surface area contributed by atoms with Crippen LogP contribution in [0.25, 0.3) is 0 Å². The Balaban J connectivity index is 1.53. The summed E-state index contributed by atoms with van der Waals surface area (Å²) in [5.74, 6) is 0. The summed E-state index contributed by atoms with van der Waals surface area (Å²) in [7, 11) is 0. The van der Waals surface area contributed by atoms with Gasteiger partial charge in [0.1, 0.15) is 0 Å². The zero-order valence-corrected chi connectivity index (χ0v) is 12.9. The number of hydrogen-bond acceptors (Lipinski definition) is 2. The summed E-state index contributed by atoms with van der Waals surface area (Å²) in [6.07, 6.45) is 3.73. The number of nitrogens with one attached hydrogen (secondary N) is 1. The molecule has 0 atom stereocenters. The largest absolute Gasteiger partial charge is 0.353 e. The molecule has 1 N–H and O–H groups in total. The Labute approximate surface area is 136 Å².